The third kappa shape index (κ3) is 7.80. The maximum absolute atomic E-state index is 6.27. The number of rotatable bonds is 13. The summed E-state index contributed by atoms with van der Waals surface area (Å²) in [5.74, 6) is 1.50. The van der Waals surface area contributed by atoms with Crippen LogP contribution < -0.4 is 20.9 Å². The van der Waals surface area contributed by atoms with Crippen LogP contribution in [0.2, 0.25) is 10.0 Å². The largest absolute Gasteiger partial charge is 0.490 e. The summed E-state index contributed by atoms with van der Waals surface area (Å²) >= 11 is 12.5. The summed E-state index contributed by atoms with van der Waals surface area (Å²) in [5, 5.41) is 1.00. The van der Waals surface area contributed by atoms with Gasteiger partial charge in [0.15, 0.2) is 5.75 Å². The Balaban J connectivity index is 1.35. The number of benzene rings is 4. The van der Waals surface area contributed by atoms with E-state index < -0.39 is 0 Å². The minimum absolute atomic E-state index is 0.228. The molecule has 0 amide bonds. The van der Waals surface area contributed by atoms with Crippen molar-refractivity contribution in [3.8, 4) is 22.6 Å². The highest BCUT2D eigenvalue weighted by Gasteiger charge is 2.15. The summed E-state index contributed by atoms with van der Waals surface area (Å²) in [5.41, 5.74) is 20.6. The number of ether oxygens (including phenoxy) is 2. The van der Waals surface area contributed by atoms with Gasteiger partial charge in [-0.25, -0.2) is 0 Å². The minimum atomic E-state index is 0.228. The van der Waals surface area contributed by atoms with Gasteiger partial charge in [0.1, 0.15) is 19.0 Å². The van der Waals surface area contributed by atoms with Crippen molar-refractivity contribution in [1.29, 1.82) is 0 Å². The molecule has 210 valence electrons. The van der Waals surface area contributed by atoms with Gasteiger partial charge in [0.05, 0.1) is 10.0 Å². The molecule has 0 fully saturated rings. The minimum Gasteiger partial charge on any atom is -0.490 e. The molecule has 0 radical (unpaired) electrons. The van der Waals surface area contributed by atoms with Crippen LogP contribution in [0.5, 0.6) is 11.5 Å². The van der Waals surface area contributed by atoms with E-state index in [9.17, 15) is 0 Å². The monoisotopic (exact) mass is 576 g/mol. The Kier molecular flexibility index (Phi) is 10.9. The standard InChI is InChI=1S/C34H38Cl2N2O2/c1-23-18-32(35)34(33(36)19-23)40-17-16-39-29-12-9-25(10-13-29)21-28(22-38)30-14-11-27(20-24(30)2)31-8-4-3-6-26(31)7-5-15-37/h3-4,6,8-14,18-20,28H,5,7,15-17,21-22,37-38H2,1-2H3. The second-order valence-electron chi connectivity index (χ2n) is 10.2. The summed E-state index contributed by atoms with van der Waals surface area (Å²) in [6.07, 6.45) is 2.83. The predicted octanol–water partition coefficient (Wildman–Crippen LogP) is 7.91. The molecule has 1 atom stereocenters. The van der Waals surface area contributed by atoms with Gasteiger partial charge in [-0.1, -0.05) is 77.8 Å². The first-order valence-electron chi connectivity index (χ1n) is 13.8. The fourth-order valence-electron chi connectivity index (χ4n) is 5.07. The highest BCUT2D eigenvalue weighted by molar-refractivity contribution is 6.37. The maximum Gasteiger partial charge on any atom is 0.156 e. The molecular formula is C34H38Cl2N2O2. The maximum atomic E-state index is 6.27. The Hall–Kier alpha value is -3.02. The Labute approximate surface area is 248 Å². The van der Waals surface area contributed by atoms with Crippen molar-refractivity contribution in [2.75, 3.05) is 26.3 Å². The van der Waals surface area contributed by atoms with E-state index >= 15 is 0 Å². The molecule has 4 aromatic rings. The van der Waals surface area contributed by atoms with Crippen LogP contribution in [0.15, 0.2) is 78.9 Å². The van der Waals surface area contributed by atoms with Crippen molar-refractivity contribution in [2.45, 2.75) is 39.0 Å². The zero-order valence-corrected chi connectivity index (χ0v) is 24.8. The SMILES string of the molecule is Cc1cc(Cl)c(OCCOc2ccc(CC(CN)c3ccc(-c4ccccc4CCCN)cc3C)cc2)c(Cl)c1. The fourth-order valence-corrected chi connectivity index (χ4v) is 5.77. The molecule has 0 saturated carbocycles. The fraction of sp³-hybridized carbons (Fsp3) is 0.294. The predicted molar refractivity (Wildman–Crippen MR) is 168 cm³/mol. The number of aryl methyl sites for hydroxylation is 3. The zero-order valence-electron chi connectivity index (χ0n) is 23.3. The lowest BCUT2D eigenvalue weighted by Crippen LogP contribution is -2.16. The van der Waals surface area contributed by atoms with Gasteiger partial charge >= 0.3 is 0 Å². The average molecular weight is 578 g/mol. The molecule has 0 aromatic heterocycles. The molecule has 0 bridgehead atoms. The molecule has 0 aliphatic rings. The lowest BCUT2D eigenvalue weighted by molar-refractivity contribution is 0.217. The normalized spacial score (nSPS) is 11.8. The molecule has 0 heterocycles. The summed E-state index contributed by atoms with van der Waals surface area (Å²) in [6.45, 7) is 6.11. The van der Waals surface area contributed by atoms with Crippen LogP contribution >= 0.6 is 23.2 Å². The van der Waals surface area contributed by atoms with Gasteiger partial charge in [-0.2, -0.15) is 0 Å². The van der Waals surface area contributed by atoms with E-state index in [2.05, 4.69) is 61.5 Å². The van der Waals surface area contributed by atoms with E-state index in [-0.39, 0.29) is 5.92 Å². The second kappa shape index (κ2) is 14.6. The summed E-state index contributed by atoms with van der Waals surface area (Å²) in [7, 11) is 0. The molecule has 6 heteroatoms. The Morgan fingerprint density at radius 2 is 1.50 bits per heavy atom. The van der Waals surface area contributed by atoms with Gasteiger partial charge in [0.2, 0.25) is 0 Å². The first-order valence-corrected chi connectivity index (χ1v) is 14.5. The first-order chi connectivity index (χ1) is 19.4. The van der Waals surface area contributed by atoms with Crippen LogP contribution in [-0.4, -0.2) is 26.3 Å². The van der Waals surface area contributed by atoms with Gasteiger partial charge in [0.25, 0.3) is 0 Å². The summed E-state index contributed by atoms with van der Waals surface area (Å²) < 4.78 is 11.6. The van der Waals surface area contributed by atoms with Gasteiger partial charge in [-0.05, 0) is 109 Å². The van der Waals surface area contributed by atoms with Crippen molar-refractivity contribution in [3.05, 3.63) is 117 Å². The van der Waals surface area contributed by atoms with E-state index in [0.29, 0.717) is 42.1 Å². The first kappa shape index (κ1) is 30.0. The van der Waals surface area contributed by atoms with Crippen LogP contribution in [-0.2, 0) is 12.8 Å². The van der Waals surface area contributed by atoms with E-state index in [1.54, 1.807) is 0 Å². The highest BCUT2D eigenvalue weighted by Crippen LogP contribution is 2.34. The van der Waals surface area contributed by atoms with Crippen LogP contribution in [0.25, 0.3) is 11.1 Å². The number of hydrogen-bond donors (Lipinski definition) is 2. The summed E-state index contributed by atoms with van der Waals surface area (Å²) in [4.78, 5) is 0. The second-order valence-corrected chi connectivity index (χ2v) is 11.0. The van der Waals surface area contributed by atoms with Crippen LogP contribution in [0, 0.1) is 13.8 Å². The third-order valence-electron chi connectivity index (χ3n) is 7.12. The topological polar surface area (TPSA) is 70.5 Å². The van der Waals surface area contributed by atoms with Crippen molar-refractivity contribution < 1.29 is 9.47 Å². The van der Waals surface area contributed by atoms with Crippen LogP contribution in [0.1, 0.15) is 40.2 Å². The zero-order chi connectivity index (χ0) is 28.5. The lowest BCUT2D eigenvalue weighted by atomic mass is 9.87. The van der Waals surface area contributed by atoms with Crippen molar-refractivity contribution in [3.63, 3.8) is 0 Å². The Morgan fingerprint density at radius 1 is 0.800 bits per heavy atom. The van der Waals surface area contributed by atoms with Gasteiger partial charge in [0, 0.05) is 5.92 Å². The van der Waals surface area contributed by atoms with Crippen molar-refractivity contribution in [1.82, 2.24) is 0 Å². The van der Waals surface area contributed by atoms with Gasteiger partial charge in [-0.3, -0.25) is 0 Å². The van der Waals surface area contributed by atoms with Gasteiger partial charge < -0.3 is 20.9 Å². The van der Waals surface area contributed by atoms with E-state index in [4.69, 9.17) is 44.1 Å². The molecule has 4 N–H and O–H groups in total. The molecule has 0 aliphatic carbocycles. The Bertz CT molecular complexity index is 1380. The summed E-state index contributed by atoms with van der Waals surface area (Å²) in [6, 6.07) is 27.2. The number of nitrogens with two attached hydrogens (primary N) is 2. The molecule has 4 aromatic carbocycles. The molecule has 1 unspecified atom stereocenters. The molecule has 0 saturated heterocycles. The lowest BCUT2D eigenvalue weighted by Gasteiger charge is -2.20. The molecule has 4 nitrogen and oxygen atoms in total. The van der Waals surface area contributed by atoms with Crippen LogP contribution in [0.3, 0.4) is 0 Å². The number of halogens is 2. The van der Waals surface area contributed by atoms with Gasteiger partial charge in [-0.15, -0.1) is 0 Å². The highest BCUT2D eigenvalue weighted by atomic mass is 35.5. The Morgan fingerprint density at radius 3 is 2.17 bits per heavy atom. The van der Waals surface area contributed by atoms with Crippen molar-refractivity contribution in [2.24, 2.45) is 11.5 Å². The third-order valence-corrected chi connectivity index (χ3v) is 7.68. The average Bonchev–Trinajstić information content (AvgIpc) is 2.95. The number of hydrogen-bond acceptors (Lipinski definition) is 4. The van der Waals surface area contributed by atoms with Crippen LogP contribution in [0.4, 0.5) is 0 Å². The quantitative estimate of drug-likeness (QED) is 0.159. The molecular weight excluding hydrogens is 539 g/mol. The molecule has 0 spiro atoms. The molecule has 4 rings (SSSR count). The smallest absolute Gasteiger partial charge is 0.156 e. The van der Waals surface area contributed by atoms with E-state index in [1.807, 2.05) is 31.2 Å². The molecule has 40 heavy (non-hydrogen) atoms. The van der Waals surface area contributed by atoms with Crippen molar-refractivity contribution >= 4 is 23.2 Å². The van der Waals surface area contributed by atoms with E-state index in [1.165, 1.54) is 33.4 Å². The molecule has 0 aliphatic heterocycles. The van der Waals surface area contributed by atoms with E-state index in [0.717, 1.165) is 30.6 Å².